The van der Waals surface area contributed by atoms with E-state index in [1.165, 1.54) is 6.26 Å². The molecule has 0 radical (unpaired) electrons. The number of benzene rings is 1. The molecule has 5 nitrogen and oxygen atoms in total. The predicted octanol–water partition coefficient (Wildman–Crippen LogP) is 1.23. The second-order valence-electron chi connectivity index (χ2n) is 4.62. The number of aliphatic hydroxyl groups is 1. The SMILES string of the molecule is COc1cccc(N(C)CCS(C)(=O)=O)c1C(C)O. The lowest BCUT2D eigenvalue weighted by Gasteiger charge is -2.24. The van der Waals surface area contributed by atoms with E-state index in [4.69, 9.17) is 4.74 Å². The van der Waals surface area contributed by atoms with Crippen molar-refractivity contribution < 1.29 is 18.3 Å². The summed E-state index contributed by atoms with van der Waals surface area (Å²) < 4.78 is 27.7. The quantitative estimate of drug-likeness (QED) is 0.852. The minimum absolute atomic E-state index is 0.0694. The van der Waals surface area contributed by atoms with E-state index in [9.17, 15) is 13.5 Å². The molecule has 0 aliphatic rings. The van der Waals surface area contributed by atoms with Crippen LogP contribution >= 0.6 is 0 Å². The highest BCUT2D eigenvalue weighted by Crippen LogP contribution is 2.33. The number of rotatable bonds is 6. The lowest BCUT2D eigenvalue weighted by Crippen LogP contribution is -2.26. The Bertz CT molecular complexity index is 525. The van der Waals surface area contributed by atoms with Gasteiger partial charge in [0.2, 0.25) is 0 Å². The van der Waals surface area contributed by atoms with Crippen molar-refractivity contribution in [1.29, 1.82) is 0 Å². The fourth-order valence-electron chi connectivity index (χ4n) is 1.89. The fourth-order valence-corrected chi connectivity index (χ4v) is 2.49. The Balaban J connectivity index is 3.05. The number of anilines is 1. The Morgan fingerprint density at radius 2 is 2.05 bits per heavy atom. The van der Waals surface area contributed by atoms with Gasteiger partial charge in [-0.2, -0.15) is 0 Å². The third kappa shape index (κ3) is 4.40. The smallest absolute Gasteiger partial charge is 0.149 e. The van der Waals surface area contributed by atoms with E-state index in [2.05, 4.69) is 0 Å². The fraction of sp³-hybridized carbons (Fsp3) is 0.538. The largest absolute Gasteiger partial charge is 0.496 e. The van der Waals surface area contributed by atoms with Gasteiger partial charge in [0.25, 0.3) is 0 Å². The van der Waals surface area contributed by atoms with Crippen LogP contribution in [0.1, 0.15) is 18.6 Å². The number of hydrogen-bond donors (Lipinski definition) is 1. The molecule has 1 aromatic rings. The monoisotopic (exact) mass is 287 g/mol. The van der Waals surface area contributed by atoms with E-state index in [0.29, 0.717) is 17.9 Å². The molecule has 0 aliphatic carbocycles. The van der Waals surface area contributed by atoms with Gasteiger partial charge in [-0.25, -0.2) is 8.42 Å². The molecular weight excluding hydrogens is 266 g/mol. The summed E-state index contributed by atoms with van der Waals surface area (Å²) in [5.41, 5.74) is 1.44. The molecule has 1 unspecified atom stereocenters. The Hall–Kier alpha value is -1.27. The zero-order chi connectivity index (χ0) is 14.6. The van der Waals surface area contributed by atoms with Gasteiger partial charge in [0.05, 0.1) is 19.0 Å². The average Bonchev–Trinajstić information content (AvgIpc) is 2.33. The van der Waals surface area contributed by atoms with Crippen molar-refractivity contribution in [2.45, 2.75) is 13.0 Å². The second kappa shape index (κ2) is 6.25. The number of aliphatic hydroxyl groups excluding tert-OH is 1. The van der Waals surface area contributed by atoms with Gasteiger partial charge in [0.15, 0.2) is 0 Å². The normalized spacial score (nSPS) is 13.1. The number of ether oxygens (including phenoxy) is 1. The molecule has 19 heavy (non-hydrogen) atoms. The molecule has 1 N–H and O–H groups in total. The van der Waals surface area contributed by atoms with Gasteiger partial charge in [0.1, 0.15) is 15.6 Å². The standard InChI is InChI=1S/C13H21NO4S/c1-10(15)13-11(6-5-7-12(13)18-3)14(2)8-9-19(4,16)17/h5-7,10,15H,8-9H2,1-4H3. The van der Waals surface area contributed by atoms with Gasteiger partial charge in [-0.15, -0.1) is 0 Å². The van der Waals surface area contributed by atoms with Gasteiger partial charge < -0.3 is 14.7 Å². The summed E-state index contributed by atoms with van der Waals surface area (Å²) in [6.45, 7) is 2.03. The topological polar surface area (TPSA) is 66.8 Å². The molecule has 0 amide bonds. The van der Waals surface area contributed by atoms with Crippen LogP contribution in [0.25, 0.3) is 0 Å². The maximum Gasteiger partial charge on any atom is 0.149 e. The van der Waals surface area contributed by atoms with Crippen LogP contribution in [0.4, 0.5) is 5.69 Å². The highest BCUT2D eigenvalue weighted by Gasteiger charge is 2.17. The zero-order valence-corrected chi connectivity index (χ0v) is 12.6. The highest BCUT2D eigenvalue weighted by atomic mass is 32.2. The first-order valence-corrected chi connectivity index (χ1v) is 8.06. The molecule has 0 fully saturated rings. The maximum absolute atomic E-state index is 11.2. The van der Waals surface area contributed by atoms with E-state index in [1.54, 1.807) is 27.1 Å². The number of hydrogen-bond acceptors (Lipinski definition) is 5. The molecule has 0 aromatic heterocycles. The minimum atomic E-state index is -3.01. The third-order valence-electron chi connectivity index (χ3n) is 2.89. The summed E-state index contributed by atoms with van der Waals surface area (Å²) in [4.78, 5) is 1.81. The molecule has 1 atom stereocenters. The van der Waals surface area contributed by atoms with E-state index in [0.717, 1.165) is 5.69 Å². The zero-order valence-electron chi connectivity index (χ0n) is 11.8. The molecular formula is C13H21NO4S. The molecule has 0 saturated heterocycles. The third-order valence-corrected chi connectivity index (χ3v) is 3.81. The van der Waals surface area contributed by atoms with Gasteiger partial charge in [-0.1, -0.05) is 6.07 Å². The van der Waals surface area contributed by atoms with Crippen LogP contribution in [0.3, 0.4) is 0 Å². The van der Waals surface area contributed by atoms with E-state index in [-0.39, 0.29) is 5.75 Å². The van der Waals surface area contributed by atoms with Crippen LogP contribution in [0.15, 0.2) is 18.2 Å². The summed E-state index contributed by atoms with van der Waals surface area (Å²) in [6.07, 6.45) is 0.522. The minimum Gasteiger partial charge on any atom is -0.496 e. The lowest BCUT2D eigenvalue weighted by atomic mass is 10.1. The predicted molar refractivity (Wildman–Crippen MR) is 76.6 cm³/mol. The Kier molecular flexibility index (Phi) is 5.20. The van der Waals surface area contributed by atoms with E-state index < -0.39 is 15.9 Å². The van der Waals surface area contributed by atoms with Crippen molar-refractivity contribution in [2.24, 2.45) is 0 Å². The van der Waals surface area contributed by atoms with Crippen LogP contribution in [-0.2, 0) is 9.84 Å². The molecule has 1 rings (SSSR count). The van der Waals surface area contributed by atoms with Crippen molar-refractivity contribution >= 4 is 15.5 Å². The number of methoxy groups -OCH3 is 1. The molecule has 1 aromatic carbocycles. The van der Waals surface area contributed by atoms with Crippen molar-refractivity contribution in [1.82, 2.24) is 0 Å². The molecule has 0 saturated carbocycles. The highest BCUT2D eigenvalue weighted by molar-refractivity contribution is 7.90. The first-order chi connectivity index (χ1) is 8.76. The Morgan fingerprint density at radius 3 is 2.53 bits per heavy atom. The van der Waals surface area contributed by atoms with Crippen molar-refractivity contribution in [3.63, 3.8) is 0 Å². The maximum atomic E-state index is 11.2. The van der Waals surface area contributed by atoms with Crippen LogP contribution in [0.5, 0.6) is 5.75 Å². The second-order valence-corrected chi connectivity index (χ2v) is 6.88. The van der Waals surface area contributed by atoms with Crippen LogP contribution in [0.2, 0.25) is 0 Å². The molecule has 0 heterocycles. The average molecular weight is 287 g/mol. The van der Waals surface area contributed by atoms with E-state index >= 15 is 0 Å². The summed E-state index contributed by atoms with van der Waals surface area (Å²) in [5, 5.41) is 9.87. The van der Waals surface area contributed by atoms with Crippen LogP contribution in [0, 0.1) is 0 Å². The van der Waals surface area contributed by atoms with Crippen molar-refractivity contribution in [3.8, 4) is 5.75 Å². The lowest BCUT2D eigenvalue weighted by molar-refractivity contribution is 0.194. The first-order valence-electron chi connectivity index (χ1n) is 6.00. The van der Waals surface area contributed by atoms with E-state index in [1.807, 2.05) is 17.0 Å². The molecule has 108 valence electrons. The summed E-state index contributed by atoms with van der Waals surface area (Å²) in [7, 11) is 0.329. The summed E-state index contributed by atoms with van der Waals surface area (Å²) >= 11 is 0. The van der Waals surface area contributed by atoms with Crippen molar-refractivity contribution in [3.05, 3.63) is 23.8 Å². The number of nitrogens with zero attached hydrogens (tertiary/aromatic N) is 1. The van der Waals surface area contributed by atoms with Crippen LogP contribution < -0.4 is 9.64 Å². The first kappa shape index (κ1) is 15.8. The molecule has 0 bridgehead atoms. The molecule has 0 spiro atoms. The van der Waals surface area contributed by atoms with Crippen LogP contribution in [-0.4, -0.2) is 46.2 Å². The van der Waals surface area contributed by atoms with Gasteiger partial charge in [0, 0.05) is 31.1 Å². The number of sulfone groups is 1. The van der Waals surface area contributed by atoms with Gasteiger partial charge in [-0.05, 0) is 19.1 Å². The van der Waals surface area contributed by atoms with Gasteiger partial charge in [-0.3, -0.25) is 0 Å². The molecule has 6 heteroatoms. The Morgan fingerprint density at radius 1 is 1.42 bits per heavy atom. The Labute approximate surface area is 114 Å². The molecule has 0 aliphatic heterocycles. The summed E-state index contributed by atoms with van der Waals surface area (Å²) in [6, 6.07) is 5.43. The summed E-state index contributed by atoms with van der Waals surface area (Å²) in [5.74, 6) is 0.665. The van der Waals surface area contributed by atoms with Gasteiger partial charge >= 0.3 is 0 Å². The van der Waals surface area contributed by atoms with Crippen molar-refractivity contribution in [2.75, 3.05) is 37.6 Å².